The summed E-state index contributed by atoms with van der Waals surface area (Å²) >= 11 is 0. The van der Waals surface area contributed by atoms with E-state index in [1.807, 2.05) is 32.0 Å². The maximum Gasteiger partial charge on any atom is 0.258 e. The molecule has 1 aromatic rings. The van der Waals surface area contributed by atoms with Crippen LogP contribution in [0.3, 0.4) is 0 Å². The first-order valence-electron chi connectivity index (χ1n) is 8.43. The zero-order valence-electron chi connectivity index (χ0n) is 15.3. The SMILES string of the molecule is Cc1cccc(OCC(=O)NC2CC(C)(C)[NH2+]C(C)(C)C2)c1C. The van der Waals surface area contributed by atoms with Crippen molar-refractivity contribution in [1.82, 2.24) is 5.32 Å². The quantitative estimate of drug-likeness (QED) is 0.893. The number of amides is 1. The number of hydrogen-bond acceptors (Lipinski definition) is 2. The molecule has 128 valence electrons. The van der Waals surface area contributed by atoms with Crippen molar-refractivity contribution in [2.24, 2.45) is 0 Å². The molecule has 0 unspecified atom stereocenters. The second-order valence-corrected chi connectivity index (χ2v) is 8.28. The molecular weight excluding hydrogens is 288 g/mol. The molecule has 0 radical (unpaired) electrons. The molecule has 0 atom stereocenters. The molecule has 2 rings (SSSR count). The minimum atomic E-state index is -0.0376. The molecule has 1 fully saturated rings. The zero-order valence-corrected chi connectivity index (χ0v) is 15.3. The summed E-state index contributed by atoms with van der Waals surface area (Å²) < 4.78 is 5.71. The summed E-state index contributed by atoms with van der Waals surface area (Å²) in [6, 6.07) is 6.12. The Morgan fingerprint density at radius 3 is 2.43 bits per heavy atom. The van der Waals surface area contributed by atoms with Gasteiger partial charge in [-0.25, -0.2) is 0 Å². The molecular formula is C19H31N2O2+. The number of quaternary nitrogens is 1. The van der Waals surface area contributed by atoms with Gasteiger partial charge in [-0.2, -0.15) is 0 Å². The number of ether oxygens (including phenoxy) is 1. The van der Waals surface area contributed by atoms with Gasteiger partial charge in [-0.1, -0.05) is 12.1 Å². The van der Waals surface area contributed by atoms with E-state index in [-0.39, 0.29) is 29.6 Å². The number of nitrogens with one attached hydrogen (secondary N) is 1. The average Bonchev–Trinajstić information content (AvgIpc) is 2.36. The lowest BCUT2D eigenvalue weighted by Gasteiger charge is -2.43. The summed E-state index contributed by atoms with van der Waals surface area (Å²) in [6.45, 7) is 13.1. The summed E-state index contributed by atoms with van der Waals surface area (Å²) in [7, 11) is 0. The van der Waals surface area contributed by atoms with Crippen LogP contribution in [0.15, 0.2) is 18.2 Å². The molecule has 4 nitrogen and oxygen atoms in total. The van der Waals surface area contributed by atoms with E-state index >= 15 is 0 Å². The summed E-state index contributed by atoms with van der Waals surface area (Å²) in [5, 5.41) is 5.56. The number of piperidine rings is 1. The molecule has 1 aliphatic rings. The van der Waals surface area contributed by atoms with Crippen LogP contribution in [0.25, 0.3) is 0 Å². The van der Waals surface area contributed by atoms with Crippen molar-refractivity contribution in [3.63, 3.8) is 0 Å². The van der Waals surface area contributed by atoms with Crippen LogP contribution < -0.4 is 15.4 Å². The van der Waals surface area contributed by atoms with Gasteiger partial charge < -0.3 is 15.4 Å². The normalized spacial score (nSPS) is 20.1. The van der Waals surface area contributed by atoms with Crippen LogP contribution in [0, 0.1) is 13.8 Å². The fourth-order valence-corrected chi connectivity index (χ4v) is 3.91. The smallest absolute Gasteiger partial charge is 0.258 e. The lowest BCUT2D eigenvalue weighted by Crippen LogP contribution is -3.06. The molecule has 3 N–H and O–H groups in total. The van der Waals surface area contributed by atoms with Gasteiger partial charge in [0.25, 0.3) is 5.91 Å². The van der Waals surface area contributed by atoms with Gasteiger partial charge in [0.15, 0.2) is 6.61 Å². The van der Waals surface area contributed by atoms with Gasteiger partial charge >= 0.3 is 0 Å². The standard InChI is InChI=1S/C19H30N2O2/c1-13-8-7-9-16(14(13)2)23-12-17(22)20-15-10-18(3,4)21-19(5,6)11-15/h7-9,15,21H,10-12H2,1-6H3,(H,20,22)/p+1. The molecule has 23 heavy (non-hydrogen) atoms. The van der Waals surface area contributed by atoms with Gasteiger partial charge in [0.2, 0.25) is 0 Å². The second kappa shape index (κ2) is 6.52. The van der Waals surface area contributed by atoms with E-state index in [9.17, 15) is 4.79 Å². The largest absolute Gasteiger partial charge is 0.483 e. The molecule has 0 bridgehead atoms. The highest BCUT2D eigenvalue weighted by atomic mass is 16.5. The molecule has 0 spiro atoms. The highest BCUT2D eigenvalue weighted by Gasteiger charge is 2.42. The lowest BCUT2D eigenvalue weighted by molar-refractivity contribution is -0.787. The van der Waals surface area contributed by atoms with E-state index < -0.39 is 0 Å². The number of aryl methyl sites for hydroxylation is 1. The predicted octanol–water partition coefficient (Wildman–Crippen LogP) is 2.08. The second-order valence-electron chi connectivity index (χ2n) is 8.28. The number of benzene rings is 1. The van der Waals surface area contributed by atoms with E-state index in [0.29, 0.717) is 0 Å². The number of rotatable bonds is 4. The minimum Gasteiger partial charge on any atom is -0.483 e. The van der Waals surface area contributed by atoms with Gasteiger partial charge in [-0.05, 0) is 58.7 Å². The van der Waals surface area contributed by atoms with Crippen LogP contribution in [-0.4, -0.2) is 29.6 Å². The molecule has 1 aromatic carbocycles. The average molecular weight is 319 g/mol. The van der Waals surface area contributed by atoms with Crippen molar-refractivity contribution in [1.29, 1.82) is 0 Å². The summed E-state index contributed by atoms with van der Waals surface area (Å²) in [6.07, 6.45) is 1.96. The van der Waals surface area contributed by atoms with E-state index in [2.05, 4.69) is 38.3 Å². The van der Waals surface area contributed by atoms with Crippen molar-refractivity contribution < 1.29 is 14.8 Å². The lowest BCUT2D eigenvalue weighted by atomic mass is 9.79. The van der Waals surface area contributed by atoms with Crippen LogP contribution in [0.1, 0.15) is 51.7 Å². The maximum atomic E-state index is 12.3. The fraction of sp³-hybridized carbons (Fsp3) is 0.632. The fourth-order valence-electron chi connectivity index (χ4n) is 3.91. The number of hydrogen-bond donors (Lipinski definition) is 2. The highest BCUT2D eigenvalue weighted by molar-refractivity contribution is 5.77. The van der Waals surface area contributed by atoms with Gasteiger partial charge in [0.1, 0.15) is 5.75 Å². The molecule has 0 aliphatic carbocycles. The van der Waals surface area contributed by atoms with E-state index in [0.717, 1.165) is 24.2 Å². The van der Waals surface area contributed by atoms with Crippen LogP contribution in [0.5, 0.6) is 5.75 Å². The molecule has 1 amide bonds. The first-order chi connectivity index (χ1) is 10.6. The van der Waals surface area contributed by atoms with E-state index in [1.165, 1.54) is 5.56 Å². The summed E-state index contributed by atoms with van der Waals surface area (Å²) in [4.78, 5) is 12.3. The predicted molar refractivity (Wildman–Crippen MR) is 92.7 cm³/mol. The van der Waals surface area contributed by atoms with Crippen molar-refractivity contribution in [2.45, 2.75) is 71.5 Å². The van der Waals surface area contributed by atoms with Gasteiger partial charge in [0, 0.05) is 18.9 Å². The molecule has 0 saturated carbocycles. The zero-order chi connectivity index (χ0) is 17.3. The van der Waals surface area contributed by atoms with Crippen LogP contribution >= 0.6 is 0 Å². The maximum absolute atomic E-state index is 12.3. The first kappa shape index (κ1) is 17.8. The molecule has 1 heterocycles. The molecule has 4 heteroatoms. The number of carbonyl (C=O) groups is 1. The Hall–Kier alpha value is -1.55. The Balaban J connectivity index is 1.91. The third-order valence-electron chi connectivity index (χ3n) is 4.61. The van der Waals surface area contributed by atoms with Crippen LogP contribution in [0.4, 0.5) is 0 Å². The van der Waals surface area contributed by atoms with Crippen molar-refractivity contribution in [2.75, 3.05) is 6.61 Å². The van der Waals surface area contributed by atoms with Crippen molar-refractivity contribution >= 4 is 5.91 Å². The summed E-state index contributed by atoms with van der Waals surface area (Å²) in [5.41, 5.74) is 2.56. The molecule has 1 saturated heterocycles. The minimum absolute atomic E-state index is 0.0376. The third kappa shape index (κ3) is 4.96. The Morgan fingerprint density at radius 1 is 1.22 bits per heavy atom. The van der Waals surface area contributed by atoms with Gasteiger partial charge in [0.05, 0.1) is 11.1 Å². The monoisotopic (exact) mass is 319 g/mol. The first-order valence-corrected chi connectivity index (χ1v) is 8.43. The van der Waals surface area contributed by atoms with Crippen molar-refractivity contribution in [3.05, 3.63) is 29.3 Å². The van der Waals surface area contributed by atoms with Crippen LogP contribution in [-0.2, 0) is 4.79 Å². The van der Waals surface area contributed by atoms with Gasteiger partial charge in [-0.3, -0.25) is 4.79 Å². The van der Waals surface area contributed by atoms with Gasteiger partial charge in [-0.15, -0.1) is 0 Å². The molecule has 1 aliphatic heterocycles. The van der Waals surface area contributed by atoms with Crippen molar-refractivity contribution in [3.8, 4) is 5.75 Å². The Kier molecular flexibility index (Phi) is 5.04. The van der Waals surface area contributed by atoms with Crippen LogP contribution in [0.2, 0.25) is 0 Å². The Bertz CT molecular complexity index is 563. The molecule has 0 aromatic heterocycles. The number of carbonyl (C=O) groups excluding carboxylic acids is 1. The topological polar surface area (TPSA) is 54.9 Å². The van der Waals surface area contributed by atoms with E-state index in [4.69, 9.17) is 4.74 Å². The third-order valence-corrected chi connectivity index (χ3v) is 4.61. The Labute approximate surface area is 140 Å². The Morgan fingerprint density at radius 2 is 1.83 bits per heavy atom. The highest BCUT2D eigenvalue weighted by Crippen LogP contribution is 2.22. The number of nitrogens with two attached hydrogens (primary N) is 1. The summed E-state index contributed by atoms with van der Waals surface area (Å²) in [5.74, 6) is 0.752. The van der Waals surface area contributed by atoms with E-state index in [1.54, 1.807) is 0 Å².